The van der Waals surface area contributed by atoms with E-state index in [-0.39, 0.29) is 5.91 Å². The quantitative estimate of drug-likeness (QED) is 0.716. The fraction of sp³-hybridized carbons (Fsp3) is 0.632. The zero-order valence-electron chi connectivity index (χ0n) is 14.6. The molecule has 1 fully saturated rings. The summed E-state index contributed by atoms with van der Waals surface area (Å²) in [5.74, 6) is 2.68. The van der Waals surface area contributed by atoms with Gasteiger partial charge in [-0.3, -0.25) is 4.79 Å². The van der Waals surface area contributed by atoms with E-state index in [0.29, 0.717) is 19.1 Å². The van der Waals surface area contributed by atoms with Crippen molar-refractivity contribution in [1.29, 1.82) is 0 Å². The van der Waals surface area contributed by atoms with Crippen molar-refractivity contribution in [2.75, 3.05) is 20.8 Å². The molecule has 1 saturated carbocycles. The smallest absolute Gasteiger partial charge is 0.222 e. The van der Waals surface area contributed by atoms with E-state index in [2.05, 4.69) is 6.92 Å². The molecular weight excluding hydrogens is 290 g/mol. The summed E-state index contributed by atoms with van der Waals surface area (Å²) in [6, 6.07) is 7.95. The van der Waals surface area contributed by atoms with E-state index >= 15 is 0 Å². The zero-order valence-corrected chi connectivity index (χ0v) is 14.6. The summed E-state index contributed by atoms with van der Waals surface area (Å²) in [4.78, 5) is 14.2. The highest BCUT2D eigenvalue weighted by molar-refractivity contribution is 5.76. The third kappa shape index (κ3) is 5.45. The van der Waals surface area contributed by atoms with Crippen LogP contribution in [-0.2, 0) is 4.79 Å². The molecule has 0 heterocycles. The molecule has 1 aromatic rings. The second-order valence-corrected chi connectivity index (χ2v) is 6.55. The van der Waals surface area contributed by atoms with Gasteiger partial charge < -0.3 is 14.4 Å². The highest BCUT2D eigenvalue weighted by atomic mass is 16.5. The van der Waals surface area contributed by atoms with Crippen molar-refractivity contribution >= 4 is 5.91 Å². The summed E-state index contributed by atoms with van der Waals surface area (Å²) in [6.45, 7) is 2.86. The van der Waals surface area contributed by atoms with E-state index in [4.69, 9.17) is 9.47 Å². The van der Waals surface area contributed by atoms with Crippen LogP contribution >= 0.6 is 0 Å². The van der Waals surface area contributed by atoms with Crippen molar-refractivity contribution in [2.24, 2.45) is 5.92 Å². The first-order valence-corrected chi connectivity index (χ1v) is 8.62. The van der Waals surface area contributed by atoms with Crippen molar-refractivity contribution in [3.8, 4) is 11.5 Å². The molecule has 0 N–H and O–H groups in total. The van der Waals surface area contributed by atoms with E-state index < -0.39 is 0 Å². The number of carbonyl (C=O) groups excluding carboxylic acids is 1. The molecule has 2 rings (SSSR count). The number of benzene rings is 1. The average molecular weight is 319 g/mol. The minimum Gasteiger partial charge on any atom is -0.497 e. The Hall–Kier alpha value is -1.71. The van der Waals surface area contributed by atoms with E-state index in [1.807, 2.05) is 36.2 Å². The largest absolute Gasteiger partial charge is 0.497 e. The van der Waals surface area contributed by atoms with Gasteiger partial charge in [-0.1, -0.05) is 6.92 Å². The van der Waals surface area contributed by atoms with Crippen LogP contribution in [0.15, 0.2) is 24.3 Å². The Kier molecular flexibility index (Phi) is 6.75. The van der Waals surface area contributed by atoms with Crippen LogP contribution in [0.3, 0.4) is 0 Å². The summed E-state index contributed by atoms with van der Waals surface area (Å²) < 4.78 is 10.8. The number of rotatable bonds is 7. The minimum atomic E-state index is 0.239. The average Bonchev–Trinajstić information content (AvgIpc) is 2.59. The molecule has 0 bridgehead atoms. The molecular formula is C19H29NO3. The van der Waals surface area contributed by atoms with Crippen molar-refractivity contribution < 1.29 is 14.3 Å². The molecule has 0 aromatic heterocycles. The molecule has 1 aliphatic carbocycles. The molecule has 23 heavy (non-hydrogen) atoms. The fourth-order valence-corrected chi connectivity index (χ4v) is 3.10. The van der Waals surface area contributed by atoms with Crippen LogP contribution in [-0.4, -0.2) is 37.6 Å². The first kappa shape index (κ1) is 17.6. The number of hydrogen-bond acceptors (Lipinski definition) is 3. The van der Waals surface area contributed by atoms with Crippen LogP contribution in [0.5, 0.6) is 11.5 Å². The molecule has 0 aliphatic heterocycles. The lowest BCUT2D eigenvalue weighted by Crippen LogP contribution is -2.39. The topological polar surface area (TPSA) is 38.8 Å². The van der Waals surface area contributed by atoms with Gasteiger partial charge in [0.25, 0.3) is 0 Å². The first-order chi connectivity index (χ1) is 11.1. The Bertz CT molecular complexity index is 478. The van der Waals surface area contributed by atoms with E-state index in [0.717, 1.165) is 36.7 Å². The molecule has 1 aliphatic rings. The molecule has 0 unspecified atom stereocenters. The van der Waals surface area contributed by atoms with Crippen LogP contribution in [0, 0.1) is 5.92 Å². The molecule has 4 nitrogen and oxygen atoms in total. The molecule has 0 radical (unpaired) electrons. The van der Waals surface area contributed by atoms with Gasteiger partial charge in [0.2, 0.25) is 5.91 Å². The van der Waals surface area contributed by atoms with Gasteiger partial charge >= 0.3 is 0 Å². The molecule has 1 amide bonds. The highest BCUT2D eigenvalue weighted by Crippen LogP contribution is 2.26. The van der Waals surface area contributed by atoms with E-state index in [1.54, 1.807) is 7.11 Å². The van der Waals surface area contributed by atoms with Gasteiger partial charge in [-0.15, -0.1) is 0 Å². The van der Waals surface area contributed by atoms with Crippen LogP contribution in [0.2, 0.25) is 0 Å². The Morgan fingerprint density at radius 1 is 1.13 bits per heavy atom. The summed E-state index contributed by atoms with van der Waals surface area (Å²) in [7, 11) is 3.60. The maximum Gasteiger partial charge on any atom is 0.222 e. The van der Waals surface area contributed by atoms with Crippen molar-refractivity contribution in [3.63, 3.8) is 0 Å². The Labute approximate surface area is 139 Å². The second-order valence-electron chi connectivity index (χ2n) is 6.55. The third-order valence-corrected chi connectivity index (χ3v) is 4.79. The predicted molar refractivity (Wildman–Crippen MR) is 91.9 cm³/mol. The van der Waals surface area contributed by atoms with Gasteiger partial charge in [0.05, 0.1) is 13.7 Å². The SMILES string of the molecule is COc1ccc(OCCCC(=O)N(C)C2CCC(C)CC2)cc1. The number of methoxy groups -OCH3 is 1. The number of nitrogens with zero attached hydrogens (tertiary/aromatic N) is 1. The molecule has 0 spiro atoms. The Morgan fingerprint density at radius 2 is 1.74 bits per heavy atom. The molecule has 1 aromatic carbocycles. The number of carbonyl (C=O) groups is 1. The fourth-order valence-electron chi connectivity index (χ4n) is 3.10. The van der Waals surface area contributed by atoms with Gasteiger partial charge in [0.15, 0.2) is 0 Å². The van der Waals surface area contributed by atoms with Gasteiger partial charge in [-0.05, 0) is 62.3 Å². The monoisotopic (exact) mass is 319 g/mol. The molecule has 0 saturated heterocycles. The molecule has 0 atom stereocenters. The lowest BCUT2D eigenvalue weighted by molar-refractivity contribution is -0.132. The summed E-state index contributed by atoms with van der Waals surface area (Å²) in [5.41, 5.74) is 0. The maximum absolute atomic E-state index is 12.3. The van der Waals surface area contributed by atoms with Crippen molar-refractivity contribution in [1.82, 2.24) is 4.90 Å². The van der Waals surface area contributed by atoms with Crippen LogP contribution in [0.4, 0.5) is 0 Å². The van der Waals surface area contributed by atoms with Crippen molar-refractivity contribution in [2.45, 2.75) is 51.5 Å². The second kappa shape index (κ2) is 8.80. The summed E-state index contributed by atoms with van der Waals surface area (Å²) in [6.07, 6.45) is 6.07. The first-order valence-electron chi connectivity index (χ1n) is 8.62. The number of hydrogen-bond donors (Lipinski definition) is 0. The molecule has 128 valence electrons. The summed E-state index contributed by atoms with van der Waals surface area (Å²) in [5, 5.41) is 0. The third-order valence-electron chi connectivity index (χ3n) is 4.79. The summed E-state index contributed by atoms with van der Waals surface area (Å²) >= 11 is 0. The Balaban J connectivity index is 1.65. The highest BCUT2D eigenvalue weighted by Gasteiger charge is 2.24. The minimum absolute atomic E-state index is 0.239. The van der Waals surface area contributed by atoms with Gasteiger partial charge in [0, 0.05) is 19.5 Å². The van der Waals surface area contributed by atoms with Gasteiger partial charge in [-0.2, -0.15) is 0 Å². The predicted octanol–water partition coefficient (Wildman–Crippen LogP) is 3.89. The number of ether oxygens (including phenoxy) is 2. The normalized spacial score (nSPS) is 20.8. The Morgan fingerprint density at radius 3 is 2.35 bits per heavy atom. The number of amides is 1. The standard InChI is InChI=1S/C19H29NO3/c1-15-6-8-16(9-7-15)20(2)19(21)5-4-14-23-18-12-10-17(22-3)11-13-18/h10-13,15-16H,4-9,14H2,1-3H3. The zero-order chi connectivity index (χ0) is 16.7. The van der Waals surface area contributed by atoms with Crippen LogP contribution in [0.1, 0.15) is 45.4 Å². The van der Waals surface area contributed by atoms with E-state index in [9.17, 15) is 4.79 Å². The maximum atomic E-state index is 12.3. The lowest BCUT2D eigenvalue weighted by atomic mass is 9.86. The van der Waals surface area contributed by atoms with Gasteiger partial charge in [-0.25, -0.2) is 0 Å². The van der Waals surface area contributed by atoms with Crippen LogP contribution < -0.4 is 9.47 Å². The lowest BCUT2D eigenvalue weighted by Gasteiger charge is -2.33. The van der Waals surface area contributed by atoms with Gasteiger partial charge in [0.1, 0.15) is 11.5 Å². The van der Waals surface area contributed by atoms with E-state index in [1.165, 1.54) is 12.8 Å². The van der Waals surface area contributed by atoms with Crippen molar-refractivity contribution in [3.05, 3.63) is 24.3 Å². The molecule has 4 heteroatoms. The van der Waals surface area contributed by atoms with Crippen LogP contribution in [0.25, 0.3) is 0 Å².